The Morgan fingerprint density at radius 3 is 3.05 bits per heavy atom. The molecule has 1 aromatic rings. The molecule has 1 fully saturated rings. The predicted molar refractivity (Wildman–Crippen MR) is 70.0 cm³/mol. The predicted octanol–water partition coefficient (Wildman–Crippen LogP) is 1.22. The molecule has 0 aromatic carbocycles. The fourth-order valence-corrected chi connectivity index (χ4v) is 2.65. The molecule has 0 spiro atoms. The molecule has 2 atom stereocenters. The van der Waals surface area contributed by atoms with E-state index in [1.807, 2.05) is 6.92 Å². The fraction of sp³-hybridized carbons (Fsp3) is 0.583. The summed E-state index contributed by atoms with van der Waals surface area (Å²) in [5.74, 6) is -0.557. The molecule has 0 radical (unpaired) electrons. The number of nitrogens with one attached hydrogen (secondary N) is 1. The van der Waals surface area contributed by atoms with Gasteiger partial charge in [0.1, 0.15) is 0 Å². The van der Waals surface area contributed by atoms with Gasteiger partial charge in [-0.3, -0.25) is 9.59 Å². The zero-order chi connectivity index (χ0) is 13.8. The van der Waals surface area contributed by atoms with Crippen LogP contribution in [0.5, 0.6) is 0 Å². The summed E-state index contributed by atoms with van der Waals surface area (Å²) in [4.78, 5) is 27.3. The second-order valence-electron chi connectivity index (χ2n) is 4.36. The molecular formula is C12H16N2O4S. The lowest BCUT2D eigenvalue weighted by atomic mass is 10.0. The number of nitrogens with zero attached hydrogens (tertiary/aromatic N) is 1. The van der Waals surface area contributed by atoms with Gasteiger partial charge in [0.05, 0.1) is 31.2 Å². The Morgan fingerprint density at radius 2 is 2.42 bits per heavy atom. The van der Waals surface area contributed by atoms with Crippen LogP contribution in [0.1, 0.15) is 19.0 Å². The van der Waals surface area contributed by atoms with Crippen LogP contribution in [0, 0.1) is 5.92 Å². The van der Waals surface area contributed by atoms with Crippen molar-refractivity contribution in [2.75, 3.05) is 19.0 Å². The van der Waals surface area contributed by atoms with E-state index in [2.05, 4.69) is 15.0 Å². The Morgan fingerprint density at radius 1 is 1.63 bits per heavy atom. The van der Waals surface area contributed by atoms with Crippen LogP contribution in [0.15, 0.2) is 5.38 Å². The zero-order valence-electron chi connectivity index (χ0n) is 10.8. The minimum absolute atomic E-state index is 0.0606. The van der Waals surface area contributed by atoms with E-state index in [0.717, 1.165) is 6.42 Å². The number of amides is 1. The van der Waals surface area contributed by atoms with Crippen molar-refractivity contribution in [2.45, 2.75) is 25.9 Å². The SMILES string of the molecule is COC(=O)Cc1csc(NC(=O)C2CCOC2C)n1. The number of rotatable bonds is 4. The van der Waals surface area contributed by atoms with E-state index in [9.17, 15) is 9.59 Å². The van der Waals surface area contributed by atoms with Crippen LogP contribution in [0.4, 0.5) is 5.13 Å². The number of hydrogen-bond donors (Lipinski definition) is 1. The molecule has 1 saturated heterocycles. The summed E-state index contributed by atoms with van der Waals surface area (Å²) in [5.41, 5.74) is 0.600. The van der Waals surface area contributed by atoms with E-state index in [4.69, 9.17) is 4.74 Å². The first-order valence-corrected chi connectivity index (χ1v) is 6.92. The molecule has 7 heteroatoms. The molecule has 1 amide bonds. The average molecular weight is 284 g/mol. The summed E-state index contributed by atoms with van der Waals surface area (Å²) in [7, 11) is 1.33. The van der Waals surface area contributed by atoms with Gasteiger partial charge in [0.2, 0.25) is 5.91 Å². The lowest BCUT2D eigenvalue weighted by molar-refractivity contribution is -0.139. The number of aromatic nitrogens is 1. The highest BCUT2D eigenvalue weighted by atomic mass is 32.1. The summed E-state index contributed by atoms with van der Waals surface area (Å²) >= 11 is 1.30. The van der Waals surface area contributed by atoms with Gasteiger partial charge >= 0.3 is 5.97 Å². The van der Waals surface area contributed by atoms with E-state index >= 15 is 0 Å². The molecule has 0 aliphatic carbocycles. The van der Waals surface area contributed by atoms with Crippen LogP contribution < -0.4 is 5.32 Å². The number of thiazole rings is 1. The van der Waals surface area contributed by atoms with Gasteiger partial charge in [-0.25, -0.2) is 4.98 Å². The maximum atomic E-state index is 12.0. The third kappa shape index (κ3) is 3.51. The van der Waals surface area contributed by atoms with Crippen molar-refractivity contribution in [1.29, 1.82) is 0 Å². The number of carbonyl (C=O) groups is 2. The maximum absolute atomic E-state index is 12.0. The van der Waals surface area contributed by atoms with Gasteiger partial charge in [-0.2, -0.15) is 0 Å². The van der Waals surface area contributed by atoms with Gasteiger partial charge in [0, 0.05) is 12.0 Å². The number of anilines is 1. The van der Waals surface area contributed by atoms with E-state index in [0.29, 0.717) is 17.4 Å². The molecule has 104 valence electrons. The first-order chi connectivity index (χ1) is 9.10. The number of esters is 1. The third-order valence-electron chi connectivity index (χ3n) is 3.05. The molecule has 19 heavy (non-hydrogen) atoms. The highest BCUT2D eigenvalue weighted by Gasteiger charge is 2.31. The zero-order valence-corrected chi connectivity index (χ0v) is 11.7. The molecule has 1 N–H and O–H groups in total. The van der Waals surface area contributed by atoms with Crippen molar-refractivity contribution in [1.82, 2.24) is 4.98 Å². The summed E-state index contributed by atoms with van der Waals surface area (Å²) in [6.45, 7) is 2.51. The summed E-state index contributed by atoms with van der Waals surface area (Å²) in [6, 6.07) is 0. The molecule has 0 bridgehead atoms. The topological polar surface area (TPSA) is 77.5 Å². The van der Waals surface area contributed by atoms with E-state index in [1.165, 1.54) is 18.4 Å². The van der Waals surface area contributed by atoms with Gasteiger partial charge in [-0.1, -0.05) is 0 Å². The lowest BCUT2D eigenvalue weighted by Crippen LogP contribution is -2.27. The maximum Gasteiger partial charge on any atom is 0.311 e. The molecule has 0 saturated carbocycles. The number of ether oxygens (including phenoxy) is 2. The van der Waals surface area contributed by atoms with Gasteiger partial charge < -0.3 is 14.8 Å². The highest BCUT2D eigenvalue weighted by Crippen LogP contribution is 2.23. The number of carbonyl (C=O) groups excluding carboxylic acids is 2. The Hall–Kier alpha value is -1.47. The molecule has 2 heterocycles. The molecule has 1 aromatic heterocycles. The van der Waals surface area contributed by atoms with Crippen molar-refractivity contribution < 1.29 is 19.1 Å². The van der Waals surface area contributed by atoms with E-state index in [-0.39, 0.29) is 30.3 Å². The van der Waals surface area contributed by atoms with E-state index in [1.54, 1.807) is 5.38 Å². The largest absolute Gasteiger partial charge is 0.469 e. The van der Waals surface area contributed by atoms with E-state index < -0.39 is 0 Å². The smallest absolute Gasteiger partial charge is 0.311 e. The molecule has 1 aliphatic rings. The fourth-order valence-electron chi connectivity index (χ4n) is 1.94. The van der Waals surface area contributed by atoms with Crippen molar-refractivity contribution in [3.8, 4) is 0 Å². The molecule has 2 unspecified atom stereocenters. The van der Waals surface area contributed by atoms with Crippen LogP contribution in [0.3, 0.4) is 0 Å². The Bertz CT molecular complexity index is 474. The first kappa shape index (κ1) is 14.0. The van der Waals surface area contributed by atoms with Gasteiger partial charge in [0.15, 0.2) is 5.13 Å². The third-order valence-corrected chi connectivity index (χ3v) is 3.85. The van der Waals surface area contributed by atoms with Crippen LogP contribution >= 0.6 is 11.3 Å². The van der Waals surface area contributed by atoms with Gasteiger partial charge in [-0.05, 0) is 13.3 Å². The minimum Gasteiger partial charge on any atom is -0.469 e. The molecule has 2 rings (SSSR count). The highest BCUT2D eigenvalue weighted by molar-refractivity contribution is 7.13. The van der Waals surface area contributed by atoms with Crippen LogP contribution in [0.25, 0.3) is 0 Å². The molecule has 6 nitrogen and oxygen atoms in total. The Balaban J connectivity index is 1.92. The molecular weight excluding hydrogens is 268 g/mol. The summed E-state index contributed by atoms with van der Waals surface area (Å²) < 4.78 is 9.92. The Labute approximate surface area is 115 Å². The normalized spacial score (nSPS) is 22.2. The monoisotopic (exact) mass is 284 g/mol. The average Bonchev–Trinajstić information content (AvgIpc) is 2.98. The van der Waals surface area contributed by atoms with Crippen LogP contribution in [-0.4, -0.2) is 36.7 Å². The molecule has 1 aliphatic heterocycles. The van der Waals surface area contributed by atoms with Gasteiger partial charge in [-0.15, -0.1) is 11.3 Å². The van der Waals surface area contributed by atoms with Crippen molar-refractivity contribution in [3.05, 3.63) is 11.1 Å². The first-order valence-electron chi connectivity index (χ1n) is 6.04. The quantitative estimate of drug-likeness (QED) is 0.841. The number of methoxy groups -OCH3 is 1. The minimum atomic E-state index is -0.346. The number of hydrogen-bond acceptors (Lipinski definition) is 6. The van der Waals surface area contributed by atoms with Crippen LogP contribution in [0.2, 0.25) is 0 Å². The van der Waals surface area contributed by atoms with Crippen molar-refractivity contribution in [3.63, 3.8) is 0 Å². The lowest BCUT2D eigenvalue weighted by Gasteiger charge is -2.12. The Kier molecular flexibility index (Phi) is 4.49. The summed E-state index contributed by atoms with van der Waals surface area (Å²) in [5, 5.41) is 5.00. The second kappa shape index (κ2) is 6.12. The van der Waals surface area contributed by atoms with Gasteiger partial charge in [0.25, 0.3) is 0 Å². The van der Waals surface area contributed by atoms with Crippen molar-refractivity contribution in [2.24, 2.45) is 5.92 Å². The standard InChI is InChI=1S/C12H16N2O4S/c1-7-9(3-4-18-7)11(16)14-12-13-8(6-19-12)5-10(15)17-2/h6-7,9H,3-5H2,1-2H3,(H,13,14,16). The summed E-state index contributed by atoms with van der Waals surface area (Å²) in [6.07, 6.45) is 0.786. The second-order valence-corrected chi connectivity index (χ2v) is 5.22. The van der Waals surface area contributed by atoms with Crippen LogP contribution in [-0.2, 0) is 25.5 Å². The van der Waals surface area contributed by atoms with Crippen molar-refractivity contribution >= 4 is 28.3 Å².